The molecule has 162 valence electrons. The van der Waals surface area contributed by atoms with Crippen LogP contribution in [0.5, 0.6) is 0 Å². The highest BCUT2D eigenvalue weighted by Gasteiger charge is 2.38. The third kappa shape index (κ3) is 5.76. The largest absolute Gasteiger partial charge is 0.456 e. The Hall–Kier alpha value is -2.00. The van der Waals surface area contributed by atoms with Gasteiger partial charge in [0, 0.05) is 44.6 Å². The molecule has 2 saturated heterocycles. The first kappa shape index (κ1) is 21.7. The lowest BCUT2D eigenvalue weighted by Crippen LogP contribution is -2.59. The number of esters is 1. The second-order valence-corrected chi connectivity index (χ2v) is 8.01. The highest BCUT2D eigenvalue weighted by Crippen LogP contribution is 2.33. The standard InChI is InChI=1S/C20H31N3O6/c24-16(14-29-19(27)6-9-23-17(25)4-5-18(23)26)21-15-20(7-2-1-3-8-20)22-10-12-28-13-11-22/h1-15H2,(H,21,24). The van der Waals surface area contributed by atoms with E-state index in [1.165, 1.54) is 6.42 Å². The number of hydrogen-bond donors (Lipinski definition) is 1. The van der Waals surface area contributed by atoms with E-state index in [0.717, 1.165) is 56.9 Å². The molecule has 1 N–H and O–H groups in total. The van der Waals surface area contributed by atoms with E-state index >= 15 is 0 Å². The predicted molar refractivity (Wildman–Crippen MR) is 103 cm³/mol. The van der Waals surface area contributed by atoms with Crippen LogP contribution in [0.25, 0.3) is 0 Å². The summed E-state index contributed by atoms with van der Waals surface area (Å²) in [5.74, 6) is -1.44. The predicted octanol–water partition coefficient (Wildman–Crippen LogP) is 0.220. The van der Waals surface area contributed by atoms with Gasteiger partial charge in [0.1, 0.15) is 0 Å². The van der Waals surface area contributed by atoms with Crippen molar-refractivity contribution in [1.82, 2.24) is 15.1 Å². The summed E-state index contributed by atoms with van der Waals surface area (Å²) < 4.78 is 10.5. The van der Waals surface area contributed by atoms with Crippen LogP contribution in [0.3, 0.4) is 0 Å². The normalized spacial score (nSPS) is 22.6. The highest BCUT2D eigenvalue weighted by molar-refractivity contribution is 6.02. The topological polar surface area (TPSA) is 105 Å². The van der Waals surface area contributed by atoms with Crippen molar-refractivity contribution in [2.75, 3.05) is 46.0 Å². The number of nitrogens with one attached hydrogen (secondary N) is 1. The van der Waals surface area contributed by atoms with Gasteiger partial charge in [-0.2, -0.15) is 0 Å². The number of imide groups is 1. The van der Waals surface area contributed by atoms with Crippen molar-refractivity contribution in [3.63, 3.8) is 0 Å². The first-order valence-corrected chi connectivity index (χ1v) is 10.6. The van der Waals surface area contributed by atoms with E-state index in [4.69, 9.17) is 9.47 Å². The number of morpholine rings is 1. The number of nitrogens with zero attached hydrogens (tertiary/aromatic N) is 2. The molecule has 1 aliphatic carbocycles. The van der Waals surface area contributed by atoms with Crippen molar-refractivity contribution >= 4 is 23.7 Å². The smallest absolute Gasteiger partial charge is 0.308 e. The van der Waals surface area contributed by atoms with Crippen LogP contribution in [0.1, 0.15) is 51.4 Å². The summed E-state index contributed by atoms with van der Waals surface area (Å²) in [7, 11) is 0. The van der Waals surface area contributed by atoms with Gasteiger partial charge in [-0.05, 0) is 12.8 Å². The van der Waals surface area contributed by atoms with Crippen molar-refractivity contribution in [2.24, 2.45) is 0 Å². The van der Waals surface area contributed by atoms with E-state index in [2.05, 4.69) is 10.2 Å². The Morgan fingerprint density at radius 2 is 1.69 bits per heavy atom. The molecule has 9 heteroatoms. The third-order valence-corrected chi connectivity index (χ3v) is 6.14. The van der Waals surface area contributed by atoms with Gasteiger partial charge < -0.3 is 14.8 Å². The van der Waals surface area contributed by atoms with Gasteiger partial charge in [0.2, 0.25) is 11.8 Å². The third-order valence-electron chi connectivity index (χ3n) is 6.14. The molecule has 29 heavy (non-hydrogen) atoms. The Bertz CT molecular complexity index is 610. The minimum absolute atomic E-state index is 0.0122. The number of hydrogen-bond acceptors (Lipinski definition) is 7. The zero-order chi connectivity index (χ0) is 20.7. The molecule has 2 aliphatic heterocycles. The fourth-order valence-corrected chi connectivity index (χ4v) is 4.46. The molecule has 1 saturated carbocycles. The number of amides is 3. The first-order valence-electron chi connectivity index (χ1n) is 10.6. The van der Waals surface area contributed by atoms with Crippen LogP contribution in [0.4, 0.5) is 0 Å². The van der Waals surface area contributed by atoms with Crippen LogP contribution < -0.4 is 5.32 Å². The maximum Gasteiger partial charge on any atom is 0.308 e. The number of likely N-dealkylation sites (tertiary alicyclic amines) is 1. The van der Waals surface area contributed by atoms with Crippen LogP contribution in [0.15, 0.2) is 0 Å². The number of carbonyl (C=O) groups excluding carboxylic acids is 4. The molecule has 0 atom stereocenters. The fraction of sp³-hybridized carbons (Fsp3) is 0.800. The molecule has 0 bridgehead atoms. The Morgan fingerprint density at radius 3 is 2.34 bits per heavy atom. The quantitative estimate of drug-likeness (QED) is 0.452. The minimum Gasteiger partial charge on any atom is -0.456 e. The average molecular weight is 409 g/mol. The van der Waals surface area contributed by atoms with Gasteiger partial charge in [-0.3, -0.25) is 29.0 Å². The van der Waals surface area contributed by atoms with E-state index in [1.807, 2.05) is 0 Å². The minimum atomic E-state index is -0.590. The van der Waals surface area contributed by atoms with Crippen LogP contribution >= 0.6 is 0 Å². The van der Waals surface area contributed by atoms with Crippen molar-refractivity contribution in [3.8, 4) is 0 Å². The van der Waals surface area contributed by atoms with E-state index < -0.39 is 5.97 Å². The molecule has 3 fully saturated rings. The molecule has 0 unspecified atom stereocenters. The molecule has 9 nitrogen and oxygen atoms in total. The van der Waals surface area contributed by atoms with Gasteiger partial charge in [0.15, 0.2) is 6.61 Å². The SMILES string of the molecule is O=C(COC(=O)CCN1C(=O)CCC1=O)NCC1(N2CCOCC2)CCCCC1. The molecule has 0 spiro atoms. The van der Waals surface area contributed by atoms with E-state index in [-0.39, 0.29) is 55.7 Å². The van der Waals surface area contributed by atoms with Crippen LogP contribution in [-0.4, -0.2) is 85.0 Å². The second kappa shape index (κ2) is 10.2. The molecular weight excluding hydrogens is 378 g/mol. The first-order chi connectivity index (χ1) is 14.0. The number of carbonyl (C=O) groups is 4. The van der Waals surface area contributed by atoms with Crippen molar-refractivity contribution in [2.45, 2.75) is 56.9 Å². The van der Waals surface area contributed by atoms with Crippen molar-refractivity contribution < 1.29 is 28.7 Å². The summed E-state index contributed by atoms with van der Waals surface area (Å²) in [6.07, 6.45) is 5.91. The lowest BCUT2D eigenvalue weighted by Gasteiger charge is -2.48. The summed E-state index contributed by atoms with van der Waals surface area (Å²) in [5.41, 5.74) is -0.0435. The summed E-state index contributed by atoms with van der Waals surface area (Å²) in [4.78, 5) is 50.7. The zero-order valence-electron chi connectivity index (χ0n) is 17.0. The summed E-state index contributed by atoms with van der Waals surface area (Å²) in [6.45, 7) is 3.39. The summed E-state index contributed by atoms with van der Waals surface area (Å²) in [5, 5.41) is 2.94. The second-order valence-electron chi connectivity index (χ2n) is 8.01. The van der Waals surface area contributed by atoms with Crippen molar-refractivity contribution in [3.05, 3.63) is 0 Å². The van der Waals surface area contributed by atoms with Gasteiger partial charge in [0.05, 0.1) is 19.6 Å². The lowest BCUT2D eigenvalue weighted by molar-refractivity contribution is -0.150. The Balaban J connectivity index is 1.40. The highest BCUT2D eigenvalue weighted by atomic mass is 16.5. The van der Waals surface area contributed by atoms with E-state index in [1.54, 1.807) is 0 Å². The lowest BCUT2D eigenvalue weighted by atomic mass is 9.79. The molecule has 3 rings (SSSR count). The molecular formula is C20H31N3O6. The Morgan fingerprint density at radius 1 is 1.03 bits per heavy atom. The summed E-state index contributed by atoms with van der Waals surface area (Å²) >= 11 is 0. The average Bonchev–Trinajstić information content (AvgIpc) is 3.08. The molecule has 0 aromatic rings. The Kier molecular flexibility index (Phi) is 7.60. The number of rotatable bonds is 8. The van der Waals surface area contributed by atoms with E-state index in [9.17, 15) is 19.2 Å². The maximum atomic E-state index is 12.2. The molecule has 2 heterocycles. The van der Waals surface area contributed by atoms with Crippen molar-refractivity contribution in [1.29, 1.82) is 0 Å². The fourth-order valence-electron chi connectivity index (χ4n) is 4.46. The summed E-state index contributed by atoms with van der Waals surface area (Å²) in [6, 6.07) is 0. The van der Waals surface area contributed by atoms with Gasteiger partial charge in [0.25, 0.3) is 5.91 Å². The molecule has 3 aliphatic rings. The number of ether oxygens (including phenoxy) is 2. The van der Waals surface area contributed by atoms with E-state index in [0.29, 0.717) is 6.54 Å². The monoisotopic (exact) mass is 409 g/mol. The molecule has 3 amide bonds. The maximum absolute atomic E-state index is 12.2. The Labute approximate surface area is 171 Å². The van der Waals surface area contributed by atoms with Crippen LogP contribution in [0.2, 0.25) is 0 Å². The van der Waals surface area contributed by atoms with Gasteiger partial charge >= 0.3 is 5.97 Å². The van der Waals surface area contributed by atoms with Gasteiger partial charge in [-0.25, -0.2) is 0 Å². The van der Waals surface area contributed by atoms with Crippen LogP contribution in [0, 0.1) is 0 Å². The van der Waals surface area contributed by atoms with Gasteiger partial charge in [-0.1, -0.05) is 19.3 Å². The molecule has 0 radical (unpaired) electrons. The molecule has 0 aromatic heterocycles. The molecule has 0 aromatic carbocycles. The zero-order valence-corrected chi connectivity index (χ0v) is 17.0. The van der Waals surface area contributed by atoms with Gasteiger partial charge in [-0.15, -0.1) is 0 Å². The van der Waals surface area contributed by atoms with Crippen LogP contribution in [-0.2, 0) is 28.7 Å².